The van der Waals surface area contributed by atoms with Crippen molar-refractivity contribution >= 4 is 23.7 Å². The van der Waals surface area contributed by atoms with Crippen molar-refractivity contribution in [2.75, 3.05) is 6.54 Å². The van der Waals surface area contributed by atoms with Crippen molar-refractivity contribution < 1.29 is 29.0 Å². The molecule has 270 valence electrons. The van der Waals surface area contributed by atoms with Gasteiger partial charge in [-0.1, -0.05) is 120 Å². The first kappa shape index (κ1) is 39.8. The lowest BCUT2D eigenvalue weighted by Gasteiger charge is -2.37. The number of nitrogens with two attached hydrogens (primary N) is 2. The molecule has 6 N–H and O–H groups in total. The zero-order chi connectivity index (χ0) is 35.9. The summed E-state index contributed by atoms with van der Waals surface area (Å²) in [6.07, 6.45) is 3.63. The highest BCUT2D eigenvalue weighted by Crippen LogP contribution is 2.33. The van der Waals surface area contributed by atoms with Crippen LogP contribution >= 0.6 is 0 Å². The SMILES string of the molecule is CC(C)CCNC(=O)C(N)[C@@H](O)[C@H](CC1CCCCC1)C(=O)[C@H](CC(C)C)N(C(=O)OCc1ccccc1)C(=O)[C@@H](N)Cc1ccccc1. The third-order valence-electron chi connectivity index (χ3n) is 9.37. The minimum Gasteiger partial charge on any atom is -0.444 e. The highest BCUT2D eigenvalue weighted by Gasteiger charge is 2.45. The van der Waals surface area contributed by atoms with E-state index in [0.717, 1.165) is 49.0 Å². The molecule has 1 unspecified atom stereocenters. The number of nitrogens with one attached hydrogen (secondary N) is 1. The molecule has 0 radical (unpaired) electrons. The van der Waals surface area contributed by atoms with E-state index in [1.165, 1.54) is 0 Å². The number of Topliss-reactive ketones (excluding diaryl/α,β-unsaturated/α-hetero) is 1. The normalized spacial score (nSPS) is 16.8. The Morgan fingerprint density at radius 1 is 0.878 bits per heavy atom. The van der Waals surface area contributed by atoms with Gasteiger partial charge in [-0.15, -0.1) is 0 Å². The number of hydrogen-bond acceptors (Lipinski definition) is 8. The average Bonchev–Trinajstić information content (AvgIpc) is 3.09. The smallest absolute Gasteiger partial charge is 0.417 e. The molecule has 1 aliphatic rings. The second-order valence-electron chi connectivity index (χ2n) is 14.4. The number of ketones is 1. The van der Waals surface area contributed by atoms with Crippen LogP contribution in [0, 0.1) is 23.7 Å². The van der Waals surface area contributed by atoms with Crippen LogP contribution in [0.25, 0.3) is 0 Å². The first-order valence-corrected chi connectivity index (χ1v) is 18.0. The van der Waals surface area contributed by atoms with E-state index in [1.807, 2.05) is 76.2 Å². The van der Waals surface area contributed by atoms with Crippen molar-refractivity contribution in [3.8, 4) is 0 Å². The number of aliphatic hydroxyl groups excluding tert-OH is 1. The van der Waals surface area contributed by atoms with Crippen LogP contribution in [0.15, 0.2) is 60.7 Å². The molecule has 10 nitrogen and oxygen atoms in total. The summed E-state index contributed by atoms with van der Waals surface area (Å²) >= 11 is 0. The molecule has 3 amide bonds. The monoisotopic (exact) mass is 678 g/mol. The van der Waals surface area contributed by atoms with Gasteiger partial charge in [-0.25, -0.2) is 9.69 Å². The van der Waals surface area contributed by atoms with Gasteiger partial charge in [0.25, 0.3) is 0 Å². The maximum absolute atomic E-state index is 14.8. The summed E-state index contributed by atoms with van der Waals surface area (Å²) in [5.74, 6) is -2.55. The molecule has 49 heavy (non-hydrogen) atoms. The summed E-state index contributed by atoms with van der Waals surface area (Å²) in [5.41, 5.74) is 14.3. The topological polar surface area (TPSA) is 165 Å². The molecular formula is C39H58N4O6. The van der Waals surface area contributed by atoms with Crippen LogP contribution in [0.1, 0.15) is 90.2 Å². The van der Waals surface area contributed by atoms with Gasteiger partial charge in [-0.3, -0.25) is 14.4 Å². The number of aliphatic hydroxyl groups is 1. The maximum atomic E-state index is 14.8. The molecule has 0 spiro atoms. The fourth-order valence-electron chi connectivity index (χ4n) is 6.55. The fraction of sp³-hybridized carbons (Fsp3) is 0.590. The number of hydrogen-bond donors (Lipinski definition) is 4. The first-order valence-electron chi connectivity index (χ1n) is 18.0. The first-order chi connectivity index (χ1) is 23.4. The highest BCUT2D eigenvalue weighted by molar-refractivity contribution is 6.01. The lowest BCUT2D eigenvalue weighted by Crippen LogP contribution is -2.59. The standard InChI is InChI=1S/C39H58N4O6/c1-26(2)20-21-42-37(46)34(41)36(45)31(23-28-14-8-5-9-15-28)35(44)33(22-27(3)4)43(39(48)49-25-30-18-12-7-13-19-30)38(47)32(40)24-29-16-10-6-11-17-29/h6-7,10-13,16-19,26-28,31-34,36,45H,5,8-9,14-15,20-25,40-41H2,1-4H3,(H,42,46)/t31-,32+,33+,34?,36+/m1/s1. The van der Waals surface area contributed by atoms with Crippen molar-refractivity contribution in [2.45, 2.75) is 116 Å². The highest BCUT2D eigenvalue weighted by atomic mass is 16.6. The number of imide groups is 1. The Balaban J connectivity index is 1.99. The molecule has 1 fully saturated rings. The molecule has 1 saturated carbocycles. The molecule has 0 heterocycles. The lowest BCUT2D eigenvalue weighted by molar-refractivity contribution is -0.144. The predicted octanol–water partition coefficient (Wildman–Crippen LogP) is 5.14. The van der Waals surface area contributed by atoms with E-state index >= 15 is 0 Å². The number of ether oxygens (including phenoxy) is 1. The Labute approximate surface area is 292 Å². The molecule has 0 saturated heterocycles. The largest absolute Gasteiger partial charge is 0.444 e. The average molecular weight is 679 g/mol. The molecule has 2 aromatic rings. The summed E-state index contributed by atoms with van der Waals surface area (Å²) in [7, 11) is 0. The Kier molecular flexibility index (Phi) is 16.4. The molecule has 0 aromatic heterocycles. The van der Waals surface area contributed by atoms with Crippen LogP contribution in [0.5, 0.6) is 0 Å². The zero-order valence-corrected chi connectivity index (χ0v) is 29.8. The lowest BCUT2D eigenvalue weighted by atomic mass is 9.76. The quantitative estimate of drug-likeness (QED) is 0.168. The van der Waals surface area contributed by atoms with Gasteiger partial charge in [0.05, 0.1) is 12.1 Å². The number of rotatable bonds is 18. The van der Waals surface area contributed by atoms with E-state index in [0.29, 0.717) is 24.4 Å². The van der Waals surface area contributed by atoms with Crippen LogP contribution in [0.3, 0.4) is 0 Å². The Bertz CT molecular complexity index is 1320. The van der Waals surface area contributed by atoms with Crippen LogP contribution in [-0.2, 0) is 32.1 Å². The summed E-state index contributed by atoms with van der Waals surface area (Å²) in [6, 6.07) is 14.4. The predicted molar refractivity (Wildman–Crippen MR) is 191 cm³/mol. The van der Waals surface area contributed by atoms with E-state index in [1.54, 1.807) is 12.1 Å². The van der Waals surface area contributed by atoms with Gasteiger partial charge in [0, 0.05) is 12.5 Å². The summed E-state index contributed by atoms with van der Waals surface area (Å²) in [6.45, 7) is 8.14. The third-order valence-corrected chi connectivity index (χ3v) is 9.37. The van der Waals surface area contributed by atoms with Gasteiger partial charge in [0.1, 0.15) is 18.7 Å². The maximum Gasteiger partial charge on any atom is 0.417 e. The van der Waals surface area contributed by atoms with Crippen molar-refractivity contribution in [3.05, 3.63) is 71.8 Å². The summed E-state index contributed by atoms with van der Waals surface area (Å²) < 4.78 is 5.67. The molecule has 10 heteroatoms. The van der Waals surface area contributed by atoms with Crippen LogP contribution in [0.2, 0.25) is 0 Å². The van der Waals surface area contributed by atoms with Crippen LogP contribution in [-0.4, -0.2) is 64.5 Å². The molecule has 0 bridgehead atoms. The van der Waals surface area contributed by atoms with Gasteiger partial charge >= 0.3 is 6.09 Å². The number of benzene rings is 2. The van der Waals surface area contributed by atoms with Gasteiger partial charge in [-0.2, -0.15) is 0 Å². The van der Waals surface area contributed by atoms with E-state index < -0.39 is 53.8 Å². The fourth-order valence-corrected chi connectivity index (χ4v) is 6.55. The number of nitrogens with zero attached hydrogens (tertiary/aromatic N) is 1. The molecule has 0 aliphatic heterocycles. The van der Waals surface area contributed by atoms with E-state index in [2.05, 4.69) is 5.32 Å². The second-order valence-corrected chi connectivity index (χ2v) is 14.4. The van der Waals surface area contributed by atoms with E-state index in [4.69, 9.17) is 16.2 Å². The van der Waals surface area contributed by atoms with Crippen molar-refractivity contribution in [2.24, 2.45) is 35.1 Å². The van der Waals surface area contributed by atoms with Gasteiger partial charge < -0.3 is 26.6 Å². The minimum absolute atomic E-state index is 0.116. The van der Waals surface area contributed by atoms with Crippen molar-refractivity contribution in [1.82, 2.24) is 10.2 Å². The molecule has 5 atom stereocenters. The van der Waals surface area contributed by atoms with E-state index in [-0.39, 0.29) is 31.3 Å². The molecular weight excluding hydrogens is 620 g/mol. The molecule has 3 rings (SSSR count). The number of amides is 3. The summed E-state index contributed by atoms with van der Waals surface area (Å²) in [5, 5.41) is 14.5. The summed E-state index contributed by atoms with van der Waals surface area (Å²) in [4.78, 5) is 57.0. The van der Waals surface area contributed by atoms with Gasteiger partial charge in [-0.05, 0) is 54.6 Å². The minimum atomic E-state index is -1.53. The zero-order valence-electron chi connectivity index (χ0n) is 29.8. The van der Waals surface area contributed by atoms with Crippen LogP contribution in [0.4, 0.5) is 4.79 Å². The Hall–Kier alpha value is -3.60. The second kappa shape index (κ2) is 20.2. The number of carbonyl (C=O) groups excluding carboxylic acids is 4. The Morgan fingerprint density at radius 2 is 1.47 bits per heavy atom. The molecule has 1 aliphatic carbocycles. The van der Waals surface area contributed by atoms with Gasteiger partial charge in [0.15, 0.2) is 5.78 Å². The van der Waals surface area contributed by atoms with Crippen molar-refractivity contribution in [1.29, 1.82) is 0 Å². The van der Waals surface area contributed by atoms with Gasteiger partial charge in [0.2, 0.25) is 11.8 Å². The number of carbonyl (C=O) groups is 4. The van der Waals surface area contributed by atoms with E-state index in [9.17, 15) is 24.3 Å². The Morgan fingerprint density at radius 3 is 2.04 bits per heavy atom. The van der Waals surface area contributed by atoms with Crippen LogP contribution < -0.4 is 16.8 Å². The third kappa shape index (κ3) is 12.7. The molecule has 2 aromatic carbocycles. The van der Waals surface area contributed by atoms with Crippen molar-refractivity contribution in [3.63, 3.8) is 0 Å².